The average Bonchev–Trinajstić information content (AvgIpc) is 2.50. The van der Waals surface area contributed by atoms with Crippen LogP contribution in [0.2, 0.25) is 0 Å². The molecule has 1 aromatic carbocycles. The van der Waals surface area contributed by atoms with Crippen molar-refractivity contribution in [1.29, 1.82) is 0 Å². The number of amides is 2. The highest BCUT2D eigenvalue weighted by Gasteiger charge is 2.40. The van der Waals surface area contributed by atoms with Gasteiger partial charge in [0, 0.05) is 6.04 Å². The Kier molecular flexibility index (Phi) is 2.80. The van der Waals surface area contributed by atoms with E-state index in [1.165, 1.54) is 4.90 Å². The lowest BCUT2D eigenvalue weighted by Crippen LogP contribution is -2.36. The van der Waals surface area contributed by atoms with Crippen molar-refractivity contribution in [2.45, 2.75) is 46.1 Å². The summed E-state index contributed by atoms with van der Waals surface area (Å²) in [6, 6.07) is 5.43. The molecule has 1 heterocycles. The lowest BCUT2D eigenvalue weighted by Gasteiger charge is -2.22. The highest BCUT2D eigenvalue weighted by Crippen LogP contribution is 2.33. The molecule has 0 bridgehead atoms. The van der Waals surface area contributed by atoms with Gasteiger partial charge in [0.15, 0.2) is 0 Å². The van der Waals surface area contributed by atoms with Crippen LogP contribution in [-0.2, 0) is 5.41 Å². The molecule has 18 heavy (non-hydrogen) atoms. The van der Waals surface area contributed by atoms with Crippen LogP contribution < -0.4 is 0 Å². The molecular weight excluding hydrogens is 226 g/mol. The van der Waals surface area contributed by atoms with E-state index in [-0.39, 0.29) is 23.3 Å². The maximum absolute atomic E-state index is 12.4. The Morgan fingerprint density at radius 2 is 1.67 bits per heavy atom. The number of hydrogen-bond acceptors (Lipinski definition) is 2. The summed E-state index contributed by atoms with van der Waals surface area (Å²) in [4.78, 5) is 26.0. The molecule has 0 aromatic heterocycles. The van der Waals surface area contributed by atoms with Gasteiger partial charge in [0.1, 0.15) is 0 Å². The number of carbonyl (C=O) groups is 2. The van der Waals surface area contributed by atoms with E-state index in [0.29, 0.717) is 11.1 Å². The fourth-order valence-electron chi connectivity index (χ4n) is 2.40. The summed E-state index contributed by atoms with van der Waals surface area (Å²) in [7, 11) is 0. The molecule has 0 saturated carbocycles. The Morgan fingerprint density at radius 3 is 2.17 bits per heavy atom. The fraction of sp³-hybridized carbons (Fsp3) is 0.467. The number of benzene rings is 1. The number of carbonyl (C=O) groups excluding carboxylic acids is 2. The van der Waals surface area contributed by atoms with E-state index in [0.717, 1.165) is 5.56 Å². The summed E-state index contributed by atoms with van der Waals surface area (Å²) in [5.74, 6) is -0.327. The maximum Gasteiger partial charge on any atom is 0.262 e. The molecule has 0 unspecified atom stereocenters. The Bertz CT molecular complexity index is 524. The number of hydrogen-bond donors (Lipinski definition) is 0. The van der Waals surface area contributed by atoms with Crippen molar-refractivity contribution >= 4 is 11.8 Å². The smallest absolute Gasteiger partial charge is 0.262 e. The second kappa shape index (κ2) is 3.94. The van der Waals surface area contributed by atoms with Gasteiger partial charge in [-0.2, -0.15) is 0 Å². The van der Waals surface area contributed by atoms with Crippen molar-refractivity contribution in [1.82, 2.24) is 4.90 Å². The van der Waals surface area contributed by atoms with Crippen molar-refractivity contribution in [3.63, 3.8) is 0 Å². The van der Waals surface area contributed by atoms with Crippen LogP contribution >= 0.6 is 0 Å². The fourth-order valence-corrected chi connectivity index (χ4v) is 2.40. The predicted octanol–water partition coefficient (Wildman–Crippen LogP) is 2.99. The van der Waals surface area contributed by atoms with E-state index in [9.17, 15) is 9.59 Å². The van der Waals surface area contributed by atoms with Crippen molar-refractivity contribution in [2.75, 3.05) is 0 Å². The van der Waals surface area contributed by atoms with Crippen LogP contribution in [0.1, 0.15) is 60.9 Å². The van der Waals surface area contributed by atoms with Gasteiger partial charge in [-0.1, -0.05) is 32.9 Å². The van der Waals surface area contributed by atoms with E-state index in [1.54, 1.807) is 6.07 Å². The molecule has 0 fully saturated rings. The van der Waals surface area contributed by atoms with E-state index < -0.39 is 0 Å². The summed E-state index contributed by atoms with van der Waals surface area (Å²) in [6.45, 7) is 9.88. The Morgan fingerprint density at radius 1 is 1.06 bits per heavy atom. The highest BCUT2D eigenvalue weighted by atomic mass is 16.2. The molecule has 96 valence electrons. The molecule has 0 atom stereocenters. The summed E-state index contributed by atoms with van der Waals surface area (Å²) < 4.78 is 0. The molecular formula is C15H19NO2. The highest BCUT2D eigenvalue weighted by molar-refractivity contribution is 6.22. The van der Waals surface area contributed by atoms with Gasteiger partial charge < -0.3 is 0 Å². The first kappa shape index (κ1) is 12.8. The minimum Gasteiger partial charge on any atom is -0.272 e. The minimum atomic E-state index is -0.170. The van der Waals surface area contributed by atoms with E-state index in [2.05, 4.69) is 20.8 Å². The topological polar surface area (TPSA) is 37.4 Å². The number of nitrogens with zero attached hydrogens (tertiary/aromatic N) is 1. The first-order chi connectivity index (χ1) is 8.25. The first-order valence-electron chi connectivity index (χ1n) is 6.26. The second-order valence-electron chi connectivity index (χ2n) is 6.05. The molecule has 1 aliphatic rings. The average molecular weight is 245 g/mol. The zero-order valence-electron chi connectivity index (χ0n) is 11.6. The van der Waals surface area contributed by atoms with Crippen LogP contribution in [0.3, 0.4) is 0 Å². The van der Waals surface area contributed by atoms with Crippen LogP contribution in [0.4, 0.5) is 0 Å². The molecule has 3 heteroatoms. The normalized spacial score (nSPS) is 15.6. The van der Waals surface area contributed by atoms with E-state index in [1.807, 2.05) is 26.0 Å². The first-order valence-corrected chi connectivity index (χ1v) is 6.26. The molecule has 1 aliphatic heterocycles. The molecule has 2 amide bonds. The molecule has 0 N–H and O–H groups in total. The SMILES string of the molecule is CC(C)N1C(=O)c2cccc(C(C)(C)C)c2C1=O. The monoisotopic (exact) mass is 245 g/mol. The number of rotatable bonds is 1. The third-order valence-corrected chi connectivity index (χ3v) is 3.27. The van der Waals surface area contributed by atoms with Crippen molar-refractivity contribution in [3.05, 3.63) is 34.9 Å². The largest absolute Gasteiger partial charge is 0.272 e. The van der Waals surface area contributed by atoms with Crippen LogP contribution in [-0.4, -0.2) is 22.8 Å². The predicted molar refractivity (Wildman–Crippen MR) is 70.8 cm³/mol. The third-order valence-electron chi connectivity index (χ3n) is 3.27. The molecule has 1 aromatic rings. The van der Waals surface area contributed by atoms with Gasteiger partial charge in [0.25, 0.3) is 11.8 Å². The molecule has 0 radical (unpaired) electrons. The molecule has 0 saturated heterocycles. The second-order valence-corrected chi connectivity index (χ2v) is 6.05. The van der Waals surface area contributed by atoms with Crippen LogP contribution in [0.5, 0.6) is 0 Å². The number of fused-ring (bicyclic) bond motifs is 1. The van der Waals surface area contributed by atoms with Crippen LogP contribution in [0.15, 0.2) is 18.2 Å². The molecule has 0 spiro atoms. The quantitative estimate of drug-likeness (QED) is 0.713. The van der Waals surface area contributed by atoms with Gasteiger partial charge in [-0.25, -0.2) is 0 Å². The number of imide groups is 1. The summed E-state index contributed by atoms with van der Waals surface area (Å²) in [6.07, 6.45) is 0. The maximum atomic E-state index is 12.4. The summed E-state index contributed by atoms with van der Waals surface area (Å²) >= 11 is 0. The lowest BCUT2D eigenvalue weighted by molar-refractivity contribution is 0.0608. The lowest BCUT2D eigenvalue weighted by atomic mass is 9.82. The molecule has 3 nitrogen and oxygen atoms in total. The van der Waals surface area contributed by atoms with Crippen molar-refractivity contribution in [3.8, 4) is 0 Å². The van der Waals surface area contributed by atoms with E-state index >= 15 is 0 Å². The Balaban J connectivity index is 2.66. The summed E-state index contributed by atoms with van der Waals surface area (Å²) in [5.41, 5.74) is 1.93. The molecule has 2 rings (SSSR count). The van der Waals surface area contributed by atoms with Gasteiger partial charge in [-0.05, 0) is 30.9 Å². The third kappa shape index (κ3) is 1.74. The van der Waals surface area contributed by atoms with E-state index in [4.69, 9.17) is 0 Å². The van der Waals surface area contributed by atoms with Gasteiger partial charge in [0.05, 0.1) is 11.1 Å². The molecule has 0 aliphatic carbocycles. The van der Waals surface area contributed by atoms with Crippen LogP contribution in [0.25, 0.3) is 0 Å². The minimum absolute atomic E-state index is 0.106. The van der Waals surface area contributed by atoms with Gasteiger partial charge in [-0.3, -0.25) is 14.5 Å². The Hall–Kier alpha value is -1.64. The zero-order valence-corrected chi connectivity index (χ0v) is 11.6. The van der Waals surface area contributed by atoms with Crippen LogP contribution in [0, 0.1) is 0 Å². The van der Waals surface area contributed by atoms with Crippen molar-refractivity contribution in [2.24, 2.45) is 0 Å². The van der Waals surface area contributed by atoms with Gasteiger partial charge >= 0.3 is 0 Å². The standard InChI is InChI=1S/C15H19NO2/c1-9(2)16-13(17)10-7-6-8-11(15(3,4)5)12(10)14(16)18/h6-9H,1-5H3. The van der Waals surface area contributed by atoms with Crippen molar-refractivity contribution < 1.29 is 9.59 Å². The van der Waals surface area contributed by atoms with Gasteiger partial charge in [0.2, 0.25) is 0 Å². The Labute approximate surface area is 108 Å². The zero-order chi connectivity index (χ0) is 13.7. The van der Waals surface area contributed by atoms with Gasteiger partial charge in [-0.15, -0.1) is 0 Å². The summed E-state index contributed by atoms with van der Waals surface area (Å²) in [5, 5.41) is 0.